The summed E-state index contributed by atoms with van der Waals surface area (Å²) in [7, 11) is 0. The summed E-state index contributed by atoms with van der Waals surface area (Å²) in [6.45, 7) is 5.24. The second kappa shape index (κ2) is 3.50. The molecule has 3 heteroatoms. The third-order valence-electron chi connectivity index (χ3n) is 4.09. The molecule has 2 unspecified atom stereocenters. The molecule has 3 rings (SSSR count). The molecule has 1 heterocycles. The number of hydrogen-bond acceptors (Lipinski definition) is 3. The standard InChI is InChI=1S/C14H17N3/c1-14(2)9(7-15)13(14)12-8-16-10-5-3-4-6-11(10)17-12/h3-6,8-9,13H,7,15H2,1-2H3. The lowest BCUT2D eigenvalue weighted by atomic mass is 10.1. The summed E-state index contributed by atoms with van der Waals surface area (Å²) in [6, 6.07) is 7.99. The van der Waals surface area contributed by atoms with Crippen LogP contribution in [-0.4, -0.2) is 16.5 Å². The highest BCUT2D eigenvalue weighted by atomic mass is 14.8. The Morgan fingerprint density at radius 2 is 1.94 bits per heavy atom. The minimum Gasteiger partial charge on any atom is -0.330 e. The van der Waals surface area contributed by atoms with Gasteiger partial charge in [-0.2, -0.15) is 0 Å². The Hall–Kier alpha value is -1.48. The van der Waals surface area contributed by atoms with E-state index in [-0.39, 0.29) is 5.41 Å². The molecule has 1 aromatic heterocycles. The van der Waals surface area contributed by atoms with Crippen LogP contribution >= 0.6 is 0 Å². The van der Waals surface area contributed by atoms with Gasteiger partial charge in [0.2, 0.25) is 0 Å². The topological polar surface area (TPSA) is 51.8 Å². The molecule has 1 saturated carbocycles. The van der Waals surface area contributed by atoms with Gasteiger partial charge in [-0.05, 0) is 30.0 Å². The molecule has 0 spiro atoms. The minimum absolute atomic E-state index is 0.270. The molecule has 0 aliphatic heterocycles. The van der Waals surface area contributed by atoms with Gasteiger partial charge in [0.25, 0.3) is 0 Å². The fraction of sp³-hybridized carbons (Fsp3) is 0.429. The van der Waals surface area contributed by atoms with Crippen molar-refractivity contribution in [1.82, 2.24) is 9.97 Å². The van der Waals surface area contributed by atoms with Crippen molar-refractivity contribution in [2.45, 2.75) is 19.8 Å². The monoisotopic (exact) mass is 227 g/mol. The Kier molecular flexibility index (Phi) is 2.20. The molecule has 17 heavy (non-hydrogen) atoms. The molecule has 88 valence electrons. The molecule has 0 saturated heterocycles. The third-order valence-corrected chi connectivity index (χ3v) is 4.09. The van der Waals surface area contributed by atoms with E-state index in [1.54, 1.807) is 0 Å². The molecule has 1 aromatic carbocycles. The number of fused-ring (bicyclic) bond motifs is 1. The maximum Gasteiger partial charge on any atom is 0.0890 e. The quantitative estimate of drug-likeness (QED) is 0.856. The van der Waals surface area contributed by atoms with Crippen LogP contribution in [0.3, 0.4) is 0 Å². The van der Waals surface area contributed by atoms with Gasteiger partial charge >= 0.3 is 0 Å². The molecule has 1 aliphatic carbocycles. The Labute approximate surface area is 101 Å². The second-order valence-electron chi connectivity index (χ2n) is 5.42. The first-order valence-corrected chi connectivity index (χ1v) is 6.06. The maximum absolute atomic E-state index is 5.80. The van der Waals surface area contributed by atoms with E-state index in [2.05, 4.69) is 18.8 Å². The minimum atomic E-state index is 0.270. The number of aromatic nitrogens is 2. The van der Waals surface area contributed by atoms with Crippen molar-refractivity contribution in [3.63, 3.8) is 0 Å². The largest absolute Gasteiger partial charge is 0.330 e. The zero-order chi connectivity index (χ0) is 12.0. The van der Waals surface area contributed by atoms with Crippen LogP contribution in [0.4, 0.5) is 0 Å². The Morgan fingerprint density at radius 1 is 1.24 bits per heavy atom. The van der Waals surface area contributed by atoms with Crippen molar-refractivity contribution in [1.29, 1.82) is 0 Å². The van der Waals surface area contributed by atoms with Gasteiger partial charge in [-0.1, -0.05) is 26.0 Å². The summed E-state index contributed by atoms with van der Waals surface area (Å²) in [5.41, 5.74) is 9.09. The Bertz CT molecular complexity index is 562. The molecular weight excluding hydrogens is 210 g/mol. The van der Waals surface area contributed by atoms with Crippen molar-refractivity contribution >= 4 is 11.0 Å². The average molecular weight is 227 g/mol. The third kappa shape index (κ3) is 1.53. The van der Waals surface area contributed by atoms with Crippen LogP contribution in [0.2, 0.25) is 0 Å². The van der Waals surface area contributed by atoms with Crippen LogP contribution in [0, 0.1) is 11.3 Å². The SMILES string of the molecule is CC1(C)C(CN)C1c1cnc2ccccc2n1. The van der Waals surface area contributed by atoms with Crippen molar-refractivity contribution in [2.24, 2.45) is 17.1 Å². The normalized spacial score (nSPS) is 26.1. The summed E-state index contributed by atoms with van der Waals surface area (Å²) in [5, 5.41) is 0. The first kappa shape index (κ1) is 10.7. The number of rotatable bonds is 2. The summed E-state index contributed by atoms with van der Waals surface area (Å²) in [5.74, 6) is 1.00. The van der Waals surface area contributed by atoms with E-state index in [0.29, 0.717) is 11.8 Å². The van der Waals surface area contributed by atoms with E-state index in [0.717, 1.165) is 23.3 Å². The number of para-hydroxylation sites is 2. The van der Waals surface area contributed by atoms with Crippen molar-refractivity contribution in [2.75, 3.05) is 6.54 Å². The molecule has 2 atom stereocenters. The zero-order valence-corrected chi connectivity index (χ0v) is 10.2. The lowest BCUT2D eigenvalue weighted by Gasteiger charge is -2.03. The summed E-state index contributed by atoms with van der Waals surface area (Å²) < 4.78 is 0. The van der Waals surface area contributed by atoms with E-state index in [4.69, 9.17) is 10.7 Å². The van der Waals surface area contributed by atoms with Crippen LogP contribution in [0.15, 0.2) is 30.5 Å². The highest BCUT2D eigenvalue weighted by Crippen LogP contribution is 2.63. The van der Waals surface area contributed by atoms with Crippen molar-refractivity contribution in [3.05, 3.63) is 36.2 Å². The number of nitrogens with zero attached hydrogens (tertiary/aromatic N) is 2. The summed E-state index contributed by atoms with van der Waals surface area (Å²) in [4.78, 5) is 9.19. The van der Waals surface area contributed by atoms with Gasteiger partial charge in [-0.3, -0.25) is 4.98 Å². The average Bonchev–Trinajstić information content (AvgIpc) is 2.90. The second-order valence-corrected chi connectivity index (χ2v) is 5.42. The lowest BCUT2D eigenvalue weighted by Crippen LogP contribution is -2.05. The highest BCUT2D eigenvalue weighted by Gasteiger charge is 2.58. The van der Waals surface area contributed by atoms with E-state index in [1.807, 2.05) is 30.5 Å². The molecule has 1 aliphatic rings. The van der Waals surface area contributed by atoms with Gasteiger partial charge in [-0.25, -0.2) is 4.98 Å². The first-order valence-electron chi connectivity index (χ1n) is 6.06. The highest BCUT2D eigenvalue weighted by molar-refractivity contribution is 5.73. The number of hydrogen-bond donors (Lipinski definition) is 1. The van der Waals surface area contributed by atoms with Gasteiger partial charge in [0, 0.05) is 12.1 Å². The number of nitrogens with two attached hydrogens (primary N) is 1. The smallest absolute Gasteiger partial charge is 0.0890 e. The van der Waals surface area contributed by atoms with Gasteiger partial charge in [0.1, 0.15) is 0 Å². The van der Waals surface area contributed by atoms with Gasteiger partial charge in [-0.15, -0.1) is 0 Å². The molecule has 1 fully saturated rings. The van der Waals surface area contributed by atoms with E-state index in [1.165, 1.54) is 0 Å². The van der Waals surface area contributed by atoms with E-state index < -0.39 is 0 Å². The van der Waals surface area contributed by atoms with Gasteiger partial charge in [0.05, 0.1) is 16.7 Å². The van der Waals surface area contributed by atoms with Crippen LogP contribution < -0.4 is 5.73 Å². The van der Waals surface area contributed by atoms with E-state index in [9.17, 15) is 0 Å². The molecule has 0 radical (unpaired) electrons. The lowest BCUT2D eigenvalue weighted by molar-refractivity contribution is 0.557. The molecule has 0 bridgehead atoms. The Balaban J connectivity index is 2.03. The molecule has 3 nitrogen and oxygen atoms in total. The van der Waals surface area contributed by atoms with Gasteiger partial charge < -0.3 is 5.73 Å². The first-order chi connectivity index (χ1) is 8.14. The van der Waals surface area contributed by atoms with Crippen LogP contribution in [0.25, 0.3) is 11.0 Å². The fourth-order valence-electron chi connectivity index (χ4n) is 2.89. The molecular formula is C14H17N3. The van der Waals surface area contributed by atoms with Gasteiger partial charge in [0.15, 0.2) is 0 Å². The molecule has 2 aromatic rings. The van der Waals surface area contributed by atoms with Crippen molar-refractivity contribution < 1.29 is 0 Å². The molecule has 0 amide bonds. The van der Waals surface area contributed by atoms with Crippen LogP contribution in [-0.2, 0) is 0 Å². The predicted octanol–water partition coefficient (Wildman–Crippen LogP) is 2.33. The fourth-order valence-corrected chi connectivity index (χ4v) is 2.89. The van der Waals surface area contributed by atoms with Crippen molar-refractivity contribution in [3.8, 4) is 0 Å². The summed E-state index contributed by atoms with van der Waals surface area (Å²) in [6.07, 6.45) is 1.91. The maximum atomic E-state index is 5.80. The predicted molar refractivity (Wildman–Crippen MR) is 68.6 cm³/mol. The summed E-state index contributed by atoms with van der Waals surface area (Å²) >= 11 is 0. The molecule has 2 N–H and O–H groups in total. The van der Waals surface area contributed by atoms with E-state index >= 15 is 0 Å². The zero-order valence-electron chi connectivity index (χ0n) is 10.2. The van der Waals surface area contributed by atoms with Crippen LogP contribution in [0.1, 0.15) is 25.5 Å². The Morgan fingerprint density at radius 3 is 2.59 bits per heavy atom. The van der Waals surface area contributed by atoms with Crippen LogP contribution in [0.5, 0.6) is 0 Å². The number of benzene rings is 1.